The number of benzene rings is 2. The molecule has 1 fully saturated rings. The SMILES string of the molecule is COc1ccc2c(c1OC)O[C@H]1c3c(cc(O[C@@H]4O[C@H]([C@H](OC(=O)CC(=O)O)C(N)N)[C@@H](O)[C@H](O)[C@H]4O)cc3-c3ccc(N)nc3)OC[C@@H]21. The fraction of sp³-hybridized carbons (Fsp3) is 0.406. The predicted octanol–water partition coefficient (Wildman–Crippen LogP) is -0.226. The first kappa shape index (κ1) is 34.0. The minimum atomic E-state index is -1.88. The molecule has 262 valence electrons. The molecule has 0 unspecified atom stereocenters. The second-order valence-corrected chi connectivity index (χ2v) is 11.7. The summed E-state index contributed by atoms with van der Waals surface area (Å²) in [4.78, 5) is 27.4. The summed E-state index contributed by atoms with van der Waals surface area (Å²) in [5, 5.41) is 41.3. The third-order valence-electron chi connectivity index (χ3n) is 8.58. The first-order valence-corrected chi connectivity index (χ1v) is 15.1. The first-order chi connectivity index (χ1) is 23.4. The number of nitrogens with two attached hydrogens (primary N) is 3. The number of pyridine rings is 1. The largest absolute Gasteiger partial charge is 0.493 e. The number of esters is 1. The molecule has 4 heterocycles. The van der Waals surface area contributed by atoms with Crippen LogP contribution in [0.4, 0.5) is 5.82 Å². The smallest absolute Gasteiger partial charge is 0.317 e. The Labute approximate surface area is 279 Å². The lowest BCUT2D eigenvalue weighted by Crippen LogP contribution is -2.66. The number of carbonyl (C=O) groups is 2. The van der Waals surface area contributed by atoms with Gasteiger partial charge >= 0.3 is 11.9 Å². The third-order valence-corrected chi connectivity index (χ3v) is 8.58. The van der Waals surface area contributed by atoms with Gasteiger partial charge in [-0.2, -0.15) is 0 Å². The highest BCUT2D eigenvalue weighted by Gasteiger charge is 2.50. The van der Waals surface area contributed by atoms with Crippen molar-refractivity contribution in [2.75, 3.05) is 26.6 Å². The van der Waals surface area contributed by atoms with Gasteiger partial charge in [-0.05, 0) is 29.8 Å². The Morgan fingerprint density at radius 3 is 2.47 bits per heavy atom. The highest BCUT2D eigenvalue weighted by Crippen LogP contribution is 2.58. The van der Waals surface area contributed by atoms with Crippen LogP contribution in [0.5, 0.6) is 28.7 Å². The standard InChI is InChI=1S/C32H36N4O13/c1-43-17-5-4-14-16-11-45-18-8-13(7-15(12-3-6-19(33)36-10-12)22(18)26(16)48-27(14)28(17)44-2)46-32-25(42)23(40)24(41)29(49-32)30(31(34)35)47-21(39)9-20(37)38/h3-8,10,16,23-26,29-32,40-42H,9,11,34-35H2,1-2H3,(H2,33,36)(H,37,38)/t16-,23-,24-,25+,26+,29-,30-,32+/m0/s1. The van der Waals surface area contributed by atoms with Gasteiger partial charge in [-0.3, -0.25) is 9.59 Å². The number of nitrogen functional groups attached to an aromatic ring is 1. The molecule has 3 aromatic rings. The summed E-state index contributed by atoms with van der Waals surface area (Å²) >= 11 is 0. The van der Waals surface area contributed by atoms with E-state index in [0.717, 1.165) is 5.56 Å². The number of anilines is 1. The van der Waals surface area contributed by atoms with E-state index in [-0.39, 0.29) is 24.1 Å². The number of aliphatic hydroxyl groups excluding tert-OH is 3. The summed E-state index contributed by atoms with van der Waals surface area (Å²) in [7, 11) is 3.05. The third kappa shape index (κ3) is 6.34. The Kier molecular flexibility index (Phi) is 9.39. The van der Waals surface area contributed by atoms with E-state index in [1.165, 1.54) is 14.2 Å². The van der Waals surface area contributed by atoms with Gasteiger partial charge in [0.1, 0.15) is 54.3 Å². The fourth-order valence-electron chi connectivity index (χ4n) is 6.26. The van der Waals surface area contributed by atoms with E-state index in [9.17, 15) is 24.9 Å². The zero-order valence-electron chi connectivity index (χ0n) is 26.3. The summed E-state index contributed by atoms with van der Waals surface area (Å²) in [6, 6.07) is 10.2. The van der Waals surface area contributed by atoms with Crippen molar-refractivity contribution < 1.29 is 63.2 Å². The van der Waals surface area contributed by atoms with E-state index in [1.807, 2.05) is 6.07 Å². The lowest BCUT2D eigenvalue weighted by molar-refractivity contribution is -0.291. The number of carbonyl (C=O) groups excluding carboxylic acids is 1. The summed E-state index contributed by atoms with van der Waals surface area (Å²) in [6.07, 6.45) is -12.0. The van der Waals surface area contributed by atoms with Crippen molar-refractivity contribution in [2.45, 2.75) is 61.4 Å². The summed E-state index contributed by atoms with van der Waals surface area (Å²) < 4.78 is 40.8. The van der Waals surface area contributed by atoms with Crippen LogP contribution in [-0.2, 0) is 19.1 Å². The van der Waals surface area contributed by atoms with Crippen LogP contribution in [-0.4, -0.2) is 101 Å². The summed E-state index contributed by atoms with van der Waals surface area (Å²) in [6.45, 7) is 0.219. The number of methoxy groups -OCH3 is 2. The minimum absolute atomic E-state index is 0.0987. The zero-order chi connectivity index (χ0) is 35.1. The zero-order valence-corrected chi connectivity index (χ0v) is 26.3. The van der Waals surface area contributed by atoms with E-state index in [2.05, 4.69) is 4.98 Å². The van der Waals surface area contributed by atoms with Gasteiger partial charge in [0, 0.05) is 29.0 Å². The second kappa shape index (κ2) is 13.5. The number of aliphatic carboxylic acids is 1. The van der Waals surface area contributed by atoms with Crippen LogP contribution in [0.15, 0.2) is 42.6 Å². The molecule has 17 nitrogen and oxygen atoms in total. The van der Waals surface area contributed by atoms with Gasteiger partial charge in [-0.15, -0.1) is 0 Å². The molecule has 8 atom stereocenters. The minimum Gasteiger partial charge on any atom is -0.493 e. The van der Waals surface area contributed by atoms with Crippen molar-refractivity contribution >= 4 is 17.8 Å². The number of hydrogen-bond acceptors (Lipinski definition) is 16. The number of hydrogen-bond donors (Lipinski definition) is 7. The number of nitrogens with zero attached hydrogens (tertiary/aromatic N) is 1. The quantitative estimate of drug-likeness (QED) is 0.0825. The van der Waals surface area contributed by atoms with Crippen LogP contribution >= 0.6 is 0 Å². The van der Waals surface area contributed by atoms with Gasteiger partial charge in [0.15, 0.2) is 17.6 Å². The van der Waals surface area contributed by atoms with Gasteiger partial charge in [0.2, 0.25) is 12.0 Å². The number of aromatic nitrogens is 1. The maximum Gasteiger partial charge on any atom is 0.317 e. The molecule has 2 aromatic carbocycles. The molecule has 0 aliphatic carbocycles. The van der Waals surface area contributed by atoms with Gasteiger partial charge < -0.3 is 70.8 Å². The van der Waals surface area contributed by atoms with Crippen molar-refractivity contribution in [1.29, 1.82) is 0 Å². The van der Waals surface area contributed by atoms with Crippen LogP contribution in [0.25, 0.3) is 11.1 Å². The monoisotopic (exact) mass is 684 g/mol. The maximum atomic E-state index is 12.1. The molecule has 10 N–H and O–H groups in total. The van der Waals surface area contributed by atoms with Crippen LogP contribution in [0.3, 0.4) is 0 Å². The average Bonchev–Trinajstić information content (AvgIpc) is 3.45. The number of carboxylic acid groups (broad SMARTS) is 1. The molecule has 0 spiro atoms. The number of rotatable bonds is 10. The topological polar surface area (TPSA) is 271 Å². The predicted molar refractivity (Wildman–Crippen MR) is 167 cm³/mol. The van der Waals surface area contributed by atoms with Crippen molar-refractivity contribution in [2.24, 2.45) is 11.5 Å². The molecule has 0 saturated carbocycles. The van der Waals surface area contributed by atoms with Crippen LogP contribution in [0, 0.1) is 0 Å². The molecule has 0 amide bonds. The Hall–Kier alpha value is -4.91. The number of fused-ring (bicyclic) bond motifs is 5. The molecule has 3 aliphatic rings. The average molecular weight is 685 g/mol. The number of ether oxygens (including phenoxy) is 7. The highest BCUT2D eigenvalue weighted by atomic mass is 16.7. The lowest BCUT2D eigenvalue weighted by Gasteiger charge is -2.43. The second-order valence-electron chi connectivity index (χ2n) is 11.7. The van der Waals surface area contributed by atoms with Gasteiger partial charge in [0.25, 0.3) is 0 Å². The molecule has 1 aromatic heterocycles. The molecule has 17 heteroatoms. The van der Waals surface area contributed by atoms with E-state index in [1.54, 1.807) is 36.5 Å². The first-order valence-electron chi connectivity index (χ1n) is 15.1. The fourth-order valence-corrected chi connectivity index (χ4v) is 6.26. The Morgan fingerprint density at radius 2 is 1.82 bits per heavy atom. The molecule has 3 aliphatic heterocycles. The lowest BCUT2D eigenvalue weighted by atomic mass is 9.85. The van der Waals surface area contributed by atoms with Gasteiger partial charge in [-0.1, -0.05) is 6.07 Å². The molecule has 49 heavy (non-hydrogen) atoms. The summed E-state index contributed by atoms with van der Waals surface area (Å²) in [5.74, 6) is -0.706. The molecular weight excluding hydrogens is 648 g/mol. The molecule has 0 bridgehead atoms. The number of aliphatic hydroxyl groups is 3. The van der Waals surface area contributed by atoms with E-state index in [0.29, 0.717) is 39.7 Å². The normalized spacial score (nSPS) is 25.9. The van der Waals surface area contributed by atoms with E-state index in [4.69, 9.17) is 55.5 Å². The van der Waals surface area contributed by atoms with Crippen LogP contribution in [0.2, 0.25) is 0 Å². The maximum absolute atomic E-state index is 12.1. The summed E-state index contributed by atoms with van der Waals surface area (Å²) in [5.41, 5.74) is 20.1. The molecule has 0 radical (unpaired) electrons. The molecular formula is C32H36N4O13. The van der Waals surface area contributed by atoms with Gasteiger partial charge in [0.05, 0.1) is 32.9 Å². The van der Waals surface area contributed by atoms with Gasteiger partial charge in [-0.25, -0.2) is 4.98 Å². The van der Waals surface area contributed by atoms with Crippen molar-refractivity contribution in [3.05, 3.63) is 53.7 Å². The molecule has 6 rings (SSSR count). The van der Waals surface area contributed by atoms with E-state index >= 15 is 0 Å². The highest BCUT2D eigenvalue weighted by molar-refractivity contribution is 5.90. The Morgan fingerprint density at radius 1 is 1.04 bits per heavy atom. The Bertz CT molecular complexity index is 1720. The van der Waals surface area contributed by atoms with Crippen LogP contribution in [0.1, 0.15) is 29.6 Å². The number of carboxylic acids is 1. The van der Waals surface area contributed by atoms with Crippen molar-refractivity contribution in [1.82, 2.24) is 4.98 Å². The van der Waals surface area contributed by atoms with E-state index < -0.39 is 67.4 Å². The van der Waals surface area contributed by atoms with Crippen molar-refractivity contribution in [3.63, 3.8) is 0 Å². The van der Waals surface area contributed by atoms with Crippen molar-refractivity contribution in [3.8, 4) is 39.9 Å². The Balaban J connectivity index is 1.36. The molecule has 1 saturated heterocycles. The van der Waals surface area contributed by atoms with Crippen LogP contribution < -0.4 is 40.9 Å².